The number of fused-ring (bicyclic) bond motifs is 3. The summed E-state index contributed by atoms with van der Waals surface area (Å²) in [7, 11) is 2.75. The van der Waals surface area contributed by atoms with Crippen molar-refractivity contribution in [2.24, 2.45) is 29.6 Å². The third-order valence-corrected chi connectivity index (χ3v) is 20.5. The van der Waals surface area contributed by atoms with E-state index in [1.807, 2.05) is 51.1 Å². The van der Waals surface area contributed by atoms with Crippen LogP contribution in [0.2, 0.25) is 18.1 Å². The molecule has 1 aromatic rings. The number of aliphatic hydroxyl groups is 2. The number of aliphatic hydroxyl groups excluding tert-OH is 1. The van der Waals surface area contributed by atoms with E-state index in [9.17, 15) is 29.4 Å². The smallest absolute Gasteiger partial charge is 0.329 e. The lowest BCUT2D eigenvalue weighted by Gasteiger charge is -2.47. The molecule has 15 heteroatoms. The van der Waals surface area contributed by atoms with Gasteiger partial charge < -0.3 is 48.0 Å². The lowest BCUT2D eigenvalue weighted by molar-refractivity contribution is -0.302. The molecule has 0 spiro atoms. The van der Waals surface area contributed by atoms with E-state index in [4.69, 9.17) is 32.8 Å². The molecule has 1 saturated carbocycles. The van der Waals surface area contributed by atoms with Crippen molar-refractivity contribution in [1.82, 2.24) is 4.90 Å². The summed E-state index contributed by atoms with van der Waals surface area (Å²) in [5.74, 6) is -5.99. The molecule has 2 N–H and O–H groups in total. The third kappa shape index (κ3) is 13.8. The van der Waals surface area contributed by atoms with Gasteiger partial charge in [0.1, 0.15) is 41.6 Å². The van der Waals surface area contributed by atoms with Crippen LogP contribution in [0.4, 0.5) is 0 Å². The Hall–Kier alpha value is -3.44. The minimum absolute atomic E-state index is 0.00259. The first kappa shape index (κ1) is 57.5. The van der Waals surface area contributed by atoms with Crippen LogP contribution in [0, 0.1) is 29.6 Å². The molecular weight excluding hydrogens is 911 g/mol. The predicted molar refractivity (Wildman–Crippen MR) is 271 cm³/mol. The first-order chi connectivity index (χ1) is 32.9. The lowest BCUT2D eigenvalue weighted by atomic mass is 9.81. The maximum absolute atomic E-state index is 14.6. The van der Waals surface area contributed by atoms with Gasteiger partial charge in [-0.05, 0) is 138 Å². The maximum atomic E-state index is 14.6. The molecule has 0 radical (unpaired) electrons. The summed E-state index contributed by atoms with van der Waals surface area (Å²) >= 11 is 0. The minimum Gasteiger partial charge on any atom is -0.543 e. The molecule has 14 unspecified atom stereocenters. The van der Waals surface area contributed by atoms with E-state index < -0.39 is 86.1 Å². The van der Waals surface area contributed by atoms with Crippen LogP contribution in [0.3, 0.4) is 0 Å². The van der Waals surface area contributed by atoms with Crippen molar-refractivity contribution in [3.8, 4) is 11.5 Å². The lowest BCUT2D eigenvalue weighted by Crippen LogP contribution is -2.64. The van der Waals surface area contributed by atoms with Gasteiger partial charge >= 0.3 is 5.97 Å². The molecule has 3 heterocycles. The second-order valence-electron chi connectivity index (χ2n) is 22.6. The van der Waals surface area contributed by atoms with E-state index in [0.29, 0.717) is 50.5 Å². The van der Waals surface area contributed by atoms with E-state index in [2.05, 4.69) is 46.9 Å². The molecule has 14 atom stereocenters. The van der Waals surface area contributed by atoms with Gasteiger partial charge in [0, 0.05) is 52.0 Å². The number of hydrogen-bond acceptors (Lipinski definition) is 13. The number of carbonyl (C=O) groups is 4. The van der Waals surface area contributed by atoms with Gasteiger partial charge in [-0.3, -0.25) is 14.4 Å². The number of piperidine rings is 1. The van der Waals surface area contributed by atoms with E-state index in [1.54, 1.807) is 28.1 Å². The number of esters is 1. The van der Waals surface area contributed by atoms with Crippen LogP contribution in [0.5, 0.6) is 11.5 Å². The van der Waals surface area contributed by atoms with Crippen molar-refractivity contribution < 1.29 is 62.2 Å². The summed E-state index contributed by atoms with van der Waals surface area (Å²) in [5.41, 5.74) is 1.69. The highest BCUT2D eigenvalue weighted by atomic mass is 28.4. The summed E-state index contributed by atoms with van der Waals surface area (Å²) in [6.45, 7) is 22.5. The van der Waals surface area contributed by atoms with Gasteiger partial charge in [-0.25, -0.2) is 4.79 Å². The van der Waals surface area contributed by atoms with Crippen LogP contribution in [0.15, 0.2) is 47.6 Å². The Morgan fingerprint density at radius 2 is 1.50 bits per heavy atom. The summed E-state index contributed by atoms with van der Waals surface area (Å²) in [6, 6.07) is 6.65. The number of hydrogen-bond donors (Lipinski definition) is 2. The van der Waals surface area contributed by atoms with Gasteiger partial charge in [-0.15, -0.1) is 0 Å². The Balaban J connectivity index is 1.44. The molecule has 3 fully saturated rings. The average Bonchev–Trinajstić information content (AvgIpc) is 3.31. The fourth-order valence-electron chi connectivity index (χ4n) is 10.7. The number of allylic oxidation sites excluding steroid dienone is 3. The number of ketones is 2. The Bertz CT molecular complexity index is 2000. The summed E-state index contributed by atoms with van der Waals surface area (Å²) < 4.78 is 43.5. The SMILES string of the molecule is CCC1C=C(C)CC(C)CC(OC)C2OC(O)(C(=O)C(=O)N3CCCCC3C(=O)OC(C(C)=CC3CCC(Oc4ccc(O[Si](C)(C)C(C)(C)C)cc4)C(OC)C3)C(C)C(O)CC1=O)C(C)CC2OC. The number of cyclic esters (lactones) is 1. The Morgan fingerprint density at radius 1 is 0.871 bits per heavy atom. The number of methoxy groups -OCH3 is 3. The van der Waals surface area contributed by atoms with Gasteiger partial charge in [0.2, 0.25) is 14.1 Å². The Kier molecular flexibility index (Phi) is 20.1. The quantitative estimate of drug-likeness (QED) is 0.0984. The monoisotopic (exact) mass is 998 g/mol. The zero-order valence-electron chi connectivity index (χ0n) is 44.8. The molecule has 1 aliphatic carbocycles. The summed E-state index contributed by atoms with van der Waals surface area (Å²) in [6.07, 6.45) is 4.49. The molecule has 2 bridgehead atoms. The minimum atomic E-state index is -2.51. The molecule has 1 aromatic carbocycles. The van der Waals surface area contributed by atoms with Crippen LogP contribution in [0.1, 0.15) is 133 Å². The molecule has 1 amide bonds. The number of nitrogens with zero attached hydrogens (tertiary/aromatic N) is 1. The first-order valence-electron chi connectivity index (χ1n) is 25.9. The number of benzene rings is 1. The first-order valence-corrected chi connectivity index (χ1v) is 28.8. The van der Waals surface area contributed by atoms with Crippen molar-refractivity contribution in [3.05, 3.63) is 47.6 Å². The molecular formula is C55H87NO13Si. The van der Waals surface area contributed by atoms with Gasteiger partial charge in [0.05, 0.1) is 24.4 Å². The zero-order chi connectivity index (χ0) is 51.9. The summed E-state index contributed by atoms with van der Waals surface area (Å²) in [5, 5.41) is 24.1. The van der Waals surface area contributed by atoms with Gasteiger partial charge in [0.15, 0.2) is 0 Å². The molecule has 394 valence electrons. The Labute approximate surface area is 419 Å². The number of rotatable bonds is 10. The molecule has 70 heavy (non-hydrogen) atoms. The second-order valence-corrected chi connectivity index (χ2v) is 27.3. The van der Waals surface area contributed by atoms with Crippen LogP contribution >= 0.6 is 0 Å². The van der Waals surface area contributed by atoms with E-state index in [-0.39, 0.29) is 60.7 Å². The average molecular weight is 998 g/mol. The predicted octanol–water partition coefficient (Wildman–Crippen LogP) is 8.94. The van der Waals surface area contributed by atoms with E-state index in [1.165, 1.54) is 12.0 Å². The molecule has 4 aliphatic rings. The van der Waals surface area contributed by atoms with E-state index >= 15 is 0 Å². The summed E-state index contributed by atoms with van der Waals surface area (Å²) in [4.78, 5) is 58.6. The maximum Gasteiger partial charge on any atom is 0.329 e. The standard InChI is InChI=1S/C55H87NO13Si/c1-15-39-27-33(2)26-34(3)28-47(64-11)50-48(65-12)30-36(5)55(62,68-50)51(59)52(60)56-25-17-16-18-42(56)53(61)67-49(37(6)43(57)32-44(39)58)35(4)29-38-19-24-45(46(31-38)63-10)66-40-20-22-41(23-21-40)69-70(13,14)54(7,8)9/h20-23,27,29,34,36-39,42-43,45-50,57,62H,15-19,24-26,28,30-32H2,1-14H3. The largest absolute Gasteiger partial charge is 0.543 e. The number of amides is 1. The van der Waals surface area contributed by atoms with Crippen LogP contribution in [-0.4, -0.2) is 129 Å². The number of Topliss-reactive ketones (excluding diaryl/α,β-unsaturated/α-hetero) is 2. The molecule has 2 saturated heterocycles. The van der Waals surface area contributed by atoms with Crippen molar-refractivity contribution in [2.45, 2.75) is 206 Å². The molecule has 0 aromatic heterocycles. The third-order valence-electron chi connectivity index (χ3n) is 16.2. The Morgan fingerprint density at radius 3 is 2.11 bits per heavy atom. The highest BCUT2D eigenvalue weighted by Crippen LogP contribution is 2.41. The van der Waals surface area contributed by atoms with Crippen LogP contribution < -0.4 is 9.16 Å². The number of carbonyl (C=O) groups excluding carboxylic acids is 4. The number of ether oxygens (including phenoxy) is 6. The highest BCUT2D eigenvalue weighted by molar-refractivity contribution is 6.74. The fraction of sp³-hybridized carbons (Fsp3) is 0.745. The van der Waals surface area contributed by atoms with Gasteiger partial charge in [-0.1, -0.05) is 66.2 Å². The second kappa shape index (κ2) is 24.5. The van der Waals surface area contributed by atoms with Crippen molar-refractivity contribution in [2.75, 3.05) is 27.9 Å². The van der Waals surface area contributed by atoms with Crippen molar-refractivity contribution >= 4 is 31.8 Å². The fourth-order valence-corrected chi connectivity index (χ4v) is 11.7. The van der Waals surface area contributed by atoms with E-state index in [0.717, 1.165) is 23.5 Å². The van der Waals surface area contributed by atoms with Gasteiger partial charge in [0.25, 0.3) is 11.7 Å². The topological polar surface area (TPSA) is 177 Å². The van der Waals surface area contributed by atoms with Gasteiger partial charge in [-0.2, -0.15) is 0 Å². The zero-order valence-corrected chi connectivity index (χ0v) is 45.8. The molecule has 5 rings (SSSR count). The van der Waals surface area contributed by atoms with Crippen molar-refractivity contribution in [3.63, 3.8) is 0 Å². The van der Waals surface area contributed by atoms with Crippen molar-refractivity contribution in [1.29, 1.82) is 0 Å². The normalized spacial score (nSPS) is 35.3. The van der Waals surface area contributed by atoms with Crippen LogP contribution in [-0.2, 0) is 42.9 Å². The molecule has 14 nitrogen and oxygen atoms in total. The van der Waals surface area contributed by atoms with Crippen LogP contribution in [0.25, 0.3) is 0 Å². The molecule has 3 aliphatic heterocycles. The highest BCUT2D eigenvalue weighted by Gasteiger charge is 2.57.